The van der Waals surface area contributed by atoms with Crippen LogP contribution >= 0.6 is 0 Å². The summed E-state index contributed by atoms with van der Waals surface area (Å²) in [4.78, 5) is 27.8. The molecule has 0 spiro atoms. The number of carbonyl (C=O) groups is 2. The van der Waals surface area contributed by atoms with Gasteiger partial charge in [0, 0.05) is 12.1 Å². The van der Waals surface area contributed by atoms with Crippen molar-refractivity contribution in [1.29, 1.82) is 0 Å². The van der Waals surface area contributed by atoms with Crippen LogP contribution in [0.1, 0.15) is 21.5 Å². The fourth-order valence-corrected chi connectivity index (χ4v) is 3.48. The van der Waals surface area contributed by atoms with Gasteiger partial charge in [-0.15, -0.1) is 0 Å². The number of nitrogens with one attached hydrogen (secondary N) is 2. The summed E-state index contributed by atoms with van der Waals surface area (Å²) in [7, 11) is 0. The Bertz CT molecular complexity index is 768. The van der Waals surface area contributed by atoms with Crippen molar-refractivity contribution in [3.63, 3.8) is 0 Å². The number of aryl methyl sites for hydroxylation is 1. The minimum Gasteiger partial charge on any atom is -0.351 e. The van der Waals surface area contributed by atoms with Crippen molar-refractivity contribution in [3.8, 4) is 0 Å². The van der Waals surface area contributed by atoms with Gasteiger partial charge in [-0.1, -0.05) is 42.5 Å². The molecule has 1 saturated heterocycles. The largest absolute Gasteiger partial charge is 0.351 e. The first kappa shape index (κ1) is 19.1. The summed E-state index contributed by atoms with van der Waals surface area (Å²) >= 11 is 0. The van der Waals surface area contributed by atoms with Crippen LogP contribution in [0, 0.1) is 6.92 Å². The van der Waals surface area contributed by atoms with E-state index < -0.39 is 0 Å². The van der Waals surface area contributed by atoms with Crippen LogP contribution in [0.5, 0.6) is 0 Å². The minimum absolute atomic E-state index is 0.0809. The zero-order chi connectivity index (χ0) is 19.1. The lowest BCUT2D eigenvalue weighted by atomic mass is 10.1. The molecule has 0 bridgehead atoms. The summed E-state index contributed by atoms with van der Waals surface area (Å²) in [5.74, 6) is 0.166. The predicted octanol–water partition coefficient (Wildman–Crippen LogP) is 0.695. The number of piperazine rings is 1. The van der Waals surface area contributed by atoms with Gasteiger partial charge in [0.05, 0.1) is 26.2 Å². The van der Waals surface area contributed by atoms with Crippen molar-refractivity contribution in [1.82, 2.24) is 10.2 Å². The maximum absolute atomic E-state index is 12.5. The van der Waals surface area contributed by atoms with Crippen molar-refractivity contribution in [2.75, 3.05) is 39.3 Å². The molecule has 1 fully saturated rings. The molecule has 0 atom stereocenters. The van der Waals surface area contributed by atoms with Crippen molar-refractivity contribution >= 4 is 11.8 Å². The third-order valence-corrected chi connectivity index (χ3v) is 5.17. The summed E-state index contributed by atoms with van der Waals surface area (Å²) in [6.07, 6.45) is 0.854. The number of hydrogen-bond acceptors (Lipinski definition) is 2. The van der Waals surface area contributed by atoms with E-state index in [2.05, 4.69) is 24.4 Å². The number of hydrogen-bond donors (Lipinski definition) is 2. The van der Waals surface area contributed by atoms with Gasteiger partial charge in [-0.2, -0.15) is 0 Å². The van der Waals surface area contributed by atoms with Crippen LogP contribution in [0.4, 0.5) is 0 Å². The van der Waals surface area contributed by atoms with Gasteiger partial charge < -0.3 is 15.1 Å². The van der Waals surface area contributed by atoms with Gasteiger partial charge in [0.25, 0.3) is 11.8 Å². The molecule has 2 aromatic carbocycles. The Labute approximate surface area is 161 Å². The van der Waals surface area contributed by atoms with E-state index in [0.29, 0.717) is 26.2 Å². The normalized spacial score (nSPS) is 14.8. The van der Waals surface area contributed by atoms with Gasteiger partial charge in [0.15, 0.2) is 6.54 Å². The highest BCUT2D eigenvalue weighted by Crippen LogP contribution is 2.07. The second-order valence-corrected chi connectivity index (χ2v) is 7.11. The second kappa shape index (κ2) is 9.33. The first-order valence-corrected chi connectivity index (χ1v) is 9.62. The van der Waals surface area contributed by atoms with Gasteiger partial charge in [-0.25, -0.2) is 0 Å². The van der Waals surface area contributed by atoms with Crippen LogP contribution < -0.4 is 10.2 Å². The number of amides is 2. The highest BCUT2D eigenvalue weighted by atomic mass is 16.2. The molecule has 0 aliphatic carbocycles. The molecule has 1 heterocycles. The summed E-state index contributed by atoms with van der Waals surface area (Å²) in [5.41, 5.74) is 3.27. The van der Waals surface area contributed by atoms with Gasteiger partial charge in [-0.05, 0) is 36.6 Å². The van der Waals surface area contributed by atoms with E-state index in [0.717, 1.165) is 25.1 Å². The summed E-state index contributed by atoms with van der Waals surface area (Å²) in [6.45, 7) is 6.24. The number of quaternary nitrogens is 1. The SMILES string of the molecule is Cc1ccccc1CCNC(=O)C[NH+]1CCN(C(=O)c2ccccc2)CC1. The summed E-state index contributed by atoms with van der Waals surface area (Å²) in [6, 6.07) is 17.6. The minimum atomic E-state index is 0.0809. The maximum atomic E-state index is 12.5. The average Bonchev–Trinajstić information content (AvgIpc) is 2.70. The van der Waals surface area contributed by atoms with Gasteiger partial charge in [0.2, 0.25) is 0 Å². The highest BCUT2D eigenvalue weighted by Gasteiger charge is 2.25. The Hall–Kier alpha value is -2.66. The second-order valence-electron chi connectivity index (χ2n) is 7.11. The molecule has 2 amide bonds. The molecule has 3 rings (SSSR count). The molecular formula is C22H28N3O2+. The zero-order valence-electron chi connectivity index (χ0n) is 15.9. The molecule has 2 aromatic rings. The fraction of sp³-hybridized carbons (Fsp3) is 0.364. The van der Waals surface area contributed by atoms with E-state index in [4.69, 9.17) is 0 Å². The Morgan fingerprint density at radius 2 is 1.67 bits per heavy atom. The Morgan fingerprint density at radius 1 is 1.00 bits per heavy atom. The van der Waals surface area contributed by atoms with E-state index in [1.165, 1.54) is 16.0 Å². The van der Waals surface area contributed by atoms with Crippen molar-refractivity contribution in [2.24, 2.45) is 0 Å². The molecule has 0 radical (unpaired) electrons. The van der Waals surface area contributed by atoms with E-state index in [9.17, 15) is 9.59 Å². The quantitative estimate of drug-likeness (QED) is 0.791. The van der Waals surface area contributed by atoms with Crippen LogP contribution in [0.15, 0.2) is 54.6 Å². The molecule has 1 aliphatic heterocycles. The third-order valence-electron chi connectivity index (χ3n) is 5.17. The number of carbonyl (C=O) groups excluding carboxylic acids is 2. The van der Waals surface area contributed by atoms with E-state index in [1.54, 1.807) is 0 Å². The number of rotatable bonds is 6. The molecule has 5 nitrogen and oxygen atoms in total. The first-order valence-electron chi connectivity index (χ1n) is 9.62. The van der Waals surface area contributed by atoms with Gasteiger partial charge in [0.1, 0.15) is 0 Å². The standard InChI is InChI=1S/C22H27N3O2/c1-18-7-5-6-8-19(18)11-12-23-21(26)17-24-13-15-25(16-14-24)22(27)20-9-3-2-4-10-20/h2-10H,11-17H2,1H3,(H,23,26)/p+1. The Morgan fingerprint density at radius 3 is 2.37 bits per heavy atom. The summed E-state index contributed by atoms with van der Waals surface area (Å²) < 4.78 is 0. The lowest BCUT2D eigenvalue weighted by molar-refractivity contribution is -0.896. The van der Waals surface area contributed by atoms with Crippen LogP contribution in [-0.4, -0.2) is 56.0 Å². The number of benzene rings is 2. The van der Waals surface area contributed by atoms with Crippen molar-refractivity contribution in [3.05, 3.63) is 71.3 Å². The predicted molar refractivity (Wildman–Crippen MR) is 106 cm³/mol. The summed E-state index contributed by atoms with van der Waals surface area (Å²) in [5, 5.41) is 3.03. The topological polar surface area (TPSA) is 53.9 Å². The molecule has 0 aromatic heterocycles. The van der Waals surface area contributed by atoms with Crippen LogP contribution in [0.3, 0.4) is 0 Å². The van der Waals surface area contributed by atoms with Gasteiger partial charge in [-0.3, -0.25) is 9.59 Å². The van der Waals surface area contributed by atoms with Crippen molar-refractivity contribution < 1.29 is 14.5 Å². The third kappa shape index (κ3) is 5.41. The van der Waals surface area contributed by atoms with E-state index in [1.807, 2.05) is 47.4 Å². The lowest BCUT2D eigenvalue weighted by Crippen LogP contribution is -3.15. The first-order chi connectivity index (χ1) is 13.1. The fourth-order valence-electron chi connectivity index (χ4n) is 3.48. The van der Waals surface area contributed by atoms with Crippen LogP contribution in [-0.2, 0) is 11.2 Å². The molecule has 2 N–H and O–H groups in total. The van der Waals surface area contributed by atoms with E-state index in [-0.39, 0.29) is 11.8 Å². The molecule has 27 heavy (non-hydrogen) atoms. The Kier molecular flexibility index (Phi) is 6.60. The lowest BCUT2D eigenvalue weighted by Gasteiger charge is -2.32. The molecule has 5 heteroatoms. The monoisotopic (exact) mass is 366 g/mol. The average molecular weight is 366 g/mol. The van der Waals surface area contributed by atoms with Crippen LogP contribution in [0.25, 0.3) is 0 Å². The molecule has 142 valence electrons. The molecule has 0 saturated carbocycles. The van der Waals surface area contributed by atoms with Gasteiger partial charge >= 0.3 is 0 Å². The number of nitrogens with zero attached hydrogens (tertiary/aromatic N) is 1. The molecular weight excluding hydrogens is 338 g/mol. The van der Waals surface area contributed by atoms with Crippen LogP contribution in [0.2, 0.25) is 0 Å². The maximum Gasteiger partial charge on any atom is 0.275 e. The molecule has 0 unspecified atom stereocenters. The zero-order valence-corrected chi connectivity index (χ0v) is 15.9. The molecule has 1 aliphatic rings. The smallest absolute Gasteiger partial charge is 0.275 e. The highest BCUT2D eigenvalue weighted by molar-refractivity contribution is 5.94. The van der Waals surface area contributed by atoms with Crippen molar-refractivity contribution in [2.45, 2.75) is 13.3 Å². The Balaban J connectivity index is 1.38. The van der Waals surface area contributed by atoms with E-state index >= 15 is 0 Å².